The van der Waals surface area contributed by atoms with Crippen LogP contribution in [0.5, 0.6) is 5.75 Å². The summed E-state index contributed by atoms with van der Waals surface area (Å²) in [5.41, 5.74) is 0.517. The van der Waals surface area contributed by atoms with Crippen LogP contribution in [0.15, 0.2) is 58.3 Å². The molecule has 0 aliphatic carbocycles. The second-order valence-electron chi connectivity index (χ2n) is 9.19. The molecular formula is C25H33N3O6S2. The first-order valence-corrected chi connectivity index (χ1v) is 15.1. The molecule has 2 saturated heterocycles. The van der Waals surface area contributed by atoms with Gasteiger partial charge in [-0.05, 0) is 74.2 Å². The zero-order chi connectivity index (χ0) is 25.8. The second-order valence-corrected chi connectivity index (χ2v) is 13.1. The summed E-state index contributed by atoms with van der Waals surface area (Å²) in [4.78, 5) is 13.2. The number of nitrogens with one attached hydrogen (secondary N) is 1. The van der Waals surface area contributed by atoms with Crippen molar-refractivity contribution in [1.29, 1.82) is 0 Å². The fourth-order valence-electron chi connectivity index (χ4n) is 4.64. The number of methoxy groups -OCH3 is 1. The van der Waals surface area contributed by atoms with Crippen LogP contribution in [0.1, 0.15) is 38.5 Å². The molecule has 196 valence electrons. The van der Waals surface area contributed by atoms with Gasteiger partial charge in [-0.2, -0.15) is 8.61 Å². The van der Waals surface area contributed by atoms with Crippen LogP contribution < -0.4 is 10.1 Å². The Bertz CT molecular complexity index is 1250. The lowest BCUT2D eigenvalue weighted by Gasteiger charge is -2.30. The van der Waals surface area contributed by atoms with E-state index >= 15 is 0 Å². The molecule has 9 nitrogen and oxygen atoms in total. The van der Waals surface area contributed by atoms with Crippen LogP contribution in [-0.2, 0) is 24.8 Å². The molecule has 0 bridgehead atoms. The van der Waals surface area contributed by atoms with Crippen molar-refractivity contribution in [2.75, 3.05) is 38.6 Å². The van der Waals surface area contributed by atoms with Crippen molar-refractivity contribution >= 4 is 31.6 Å². The Kier molecular flexibility index (Phi) is 8.34. The molecule has 2 heterocycles. The summed E-state index contributed by atoms with van der Waals surface area (Å²) >= 11 is 0. The topological polar surface area (TPSA) is 113 Å². The van der Waals surface area contributed by atoms with E-state index in [1.165, 1.54) is 35.7 Å². The highest BCUT2D eigenvalue weighted by Gasteiger charge is 2.32. The number of sulfonamides is 2. The number of carbonyl (C=O) groups excluding carboxylic acids is 1. The van der Waals surface area contributed by atoms with Crippen LogP contribution in [0.3, 0.4) is 0 Å². The van der Waals surface area contributed by atoms with Gasteiger partial charge in [-0.25, -0.2) is 16.8 Å². The fraction of sp³-hybridized carbons (Fsp3) is 0.480. The number of benzene rings is 2. The molecule has 0 aromatic heterocycles. The maximum atomic E-state index is 12.9. The summed E-state index contributed by atoms with van der Waals surface area (Å²) in [5.74, 6) is 0.0596. The van der Waals surface area contributed by atoms with Crippen molar-refractivity contribution in [3.63, 3.8) is 0 Å². The van der Waals surface area contributed by atoms with E-state index in [0.717, 1.165) is 25.7 Å². The third-order valence-electron chi connectivity index (χ3n) is 6.85. The lowest BCUT2D eigenvalue weighted by molar-refractivity contribution is -0.120. The average Bonchev–Trinajstić information content (AvgIpc) is 3.19. The number of hydrogen-bond acceptors (Lipinski definition) is 6. The molecule has 2 aromatic rings. The number of nitrogens with zero attached hydrogens (tertiary/aromatic N) is 2. The first kappa shape index (κ1) is 26.6. The second kappa shape index (κ2) is 11.3. The van der Waals surface area contributed by atoms with Crippen molar-refractivity contribution in [2.24, 2.45) is 5.92 Å². The van der Waals surface area contributed by atoms with Gasteiger partial charge in [0, 0.05) is 37.8 Å². The van der Waals surface area contributed by atoms with Gasteiger partial charge in [-0.3, -0.25) is 4.79 Å². The monoisotopic (exact) mass is 535 g/mol. The van der Waals surface area contributed by atoms with E-state index in [1.54, 1.807) is 28.6 Å². The lowest BCUT2D eigenvalue weighted by atomic mass is 9.97. The summed E-state index contributed by atoms with van der Waals surface area (Å²) < 4.78 is 59.8. The first-order chi connectivity index (χ1) is 17.2. The first-order valence-electron chi connectivity index (χ1n) is 12.3. The number of piperidine rings is 1. The van der Waals surface area contributed by atoms with Gasteiger partial charge in [0.1, 0.15) is 5.75 Å². The van der Waals surface area contributed by atoms with Gasteiger partial charge in [0.2, 0.25) is 26.0 Å². The van der Waals surface area contributed by atoms with Crippen LogP contribution in [0.2, 0.25) is 0 Å². The summed E-state index contributed by atoms with van der Waals surface area (Å²) in [6.07, 6.45) is 4.64. The number of rotatable bonds is 7. The van der Waals surface area contributed by atoms with E-state index in [2.05, 4.69) is 5.32 Å². The van der Waals surface area contributed by atoms with E-state index in [-0.39, 0.29) is 34.7 Å². The van der Waals surface area contributed by atoms with Gasteiger partial charge in [0.05, 0.1) is 16.9 Å². The molecule has 0 saturated carbocycles. The molecule has 0 radical (unpaired) electrons. The maximum absolute atomic E-state index is 12.9. The Balaban J connectivity index is 1.33. The smallest absolute Gasteiger partial charge is 0.243 e. The number of ether oxygens (including phenoxy) is 1. The molecule has 1 N–H and O–H groups in total. The number of hydrogen-bond donors (Lipinski definition) is 1. The van der Waals surface area contributed by atoms with Gasteiger partial charge in [-0.1, -0.05) is 12.8 Å². The van der Waals surface area contributed by atoms with Gasteiger partial charge in [-0.15, -0.1) is 0 Å². The zero-order valence-electron chi connectivity index (χ0n) is 20.4. The number of anilines is 1. The predicted molar refractivity (Wildman–Crippen MR) is 137 cm³/mol. The molecule has 11 heteroatoms. The van der Waals surface area contributed by atoms with Crippen molar-refractivity contribution < 1.29 is 26.4 Å². The Hall–Kier alpha value is -2.47. The number of carbonyl (C=O) groups is 1. The predicted octanol–water partition coefficient (Wildman–Crippen LogP) is 3.30. The third-order valence-corrected chi connectivity index (χ3v) is 10.7. The lowest BCUT2D eigenvalue weighted by Crippen LogP contribution is -2.41. The van der Waals surface area contributed by atoms with E-state index in [4.69, 9.17) is 4.74 Å². The van der Waals surface area contributed by atoms with E-state index in [0.29, 0.717) is 37.4 Å². The minimum atomic E-state index is -3.64. The number of amides is 1. The van der Waals surface area contributed by atoms with Crippen LogP contribution in [0.4, 0.5) is 5.69 Å². The van der Waals surface area contributed by atoms with Crippen molar-refractivity contribution in [2.45, 2.75) is 48.3 Å². The molecular weight excluding hydrogens is 502 g/mol. The molecule has 4 rings (SSSR count). The maximum Gasteiger partial charge on any atom is 0.243 e. The van der Waals surface area contributed by atoms with E-state index in [9.17, 15) is 21.6 Å². The molecule has 1 amide bonds. The van der Waals surface area contributed by atoms with Gasteiger partial charge >= 0.3 is 0 Å². The normalized spacial score (nSPS) is 18.9. The van der Waals surface area contributed by atoms with Gasteiger partial charge in [0.15, 0.2) is 0 Å². The summed E-state index contributed by atoms with van der Waals surface area (Å²) in [5, 5.41) is 2.85. The van der Waals surface area contributed by atoms with Crippen LogP contribution >= 0.6 is 0 Å². The highest BCUT2D eigenvalue weighted by Crippen LogP contribution is 2.27. The minimum absolute atomic E-state index is 0.195. The Labute approximate surface area is 213 Å². The van der Waals surface area contributed by atoms with Crippen LogP contribution in [0, 0.1) is 5.92 Å². The summed E-state index contributed by atoms with van der Waals surface area (Å²) in [7, 11) is -5.67. The quantitative estimate of drug-likeness (QED) is 0.582. The average molecular weight is 536 g/mol. The van der Waals surface area contributed by atoms with E-state index < -0.39 is 20.0 Å². The Morgan fingerprint density at radius 2 is 1.22 bits per heavy atom. The SMILES string of the molecule is COc1ccc(S(=O)(=O)N2CCC(C(=O)Nc3ccc(S(=O)(=O)N4CCCCCC4)cc3)CC2)cc1. The largest absolute Gasteiger partial charge is 0.497 e. The van der Waals surface area contributed by atoms with Crippen LogP contribution in [-0.4, -0.2) is 64.6 Å². The summed E-state index contributed by atoms with van der Waals surface area (Å²) in [6, 6.07) is 12.5. The molecule has 0 spiro atoms. The molecule has 2 fully saturated rings. The Morgan fingerprint density at radius 1 is 0.750 bits per heavy atom. The standard InChI is InChI=1S/C25H33N3O6S2/c1-34-22-8-12-24(13-9-22)36(32,33)28-18-14-20(15-19-28)25(29)26-21-6-10-23(11-7-21)35(30,31)27-16-4-2-3-5-17-27/h6-13,20H,2-5,14-19H2,1H3,(H,26,29). The molecule has 2 aromatic carbocycles. The summed E-state index contributed by atoms with van der Waals surface area (Å²) in [6.45, 7) is 1.57. The minimum Gasteiger partial charge on any atom is -0.497 e. The third kappa shape index (κ3) is 5.91. The van der Waals surface area contributed by atoms with Crippen molar-refractivity contribution in [3.8, 4) is 5.75 Å². The van der Waals surface area contributed by atoms with Crippen molar-refractivity contribution in [3.05, 3.63) is 48.5 Å². The van der Waals surface area contributed by atoms with Gasteiger partial charge < -0.3 is 10.1 Å². The fourth-order valence-corrected chi connectivity index (χ4v) is 7.63. The van der Waals surface area contributed by atoms with Gasteiger partial charge in [0.25, 0.3) is 0 Å². The molecule has 0 atom stereocenters. The molecule has 36 heavy (non-hydrogen) atoms. The zero-order valence-corrected chi connectivity index (χ0v) is 22.1. The molecule has 2 aliphatic heterocycles. The molecule has 2 aliphatic rings. The highest BCUT2D eigenvalue weighted by atomic mass is 32.2. The van der Waals surface area contributed by atoms with E-state index in [1.807, 2.05) is 0 Å². The van der Waals surface area contributed by atoms with Crippen LogP contribution in [0.25, 0.3) is 0 Å². The van der Waals surface area contributed by atoms with Crippen molar-refractivity contribution in [1.82, 2.24) is 8.61 Å². The molecule has 0 unspecified atom stereocenters. The highest BCUT2D eigenvalue weighted by molar-refractivity contribution is 7.89. The Morgan fingerprint density at radius 3 is 1.72 bits per heavy atom.